The predicted molar refractivity (Wildman–Crippen MR) is 74.6 cm³/mol. The van der Waals surface area contributed by atoms with Crippen molar-refractivity contribution in [2.24, 2.45) is 0 Å². The van der Waals surface area contributed by atoms with Gasteiger partial charge in [-0.1, -0.05) is 26.8 Å². The van der Waals surface area contributed by atoms with Gasteiger partial charge < -0.3 is 9.47 Å². The molecule has 1 saturated carbocycles. The lowest BCUT2D eigenvalue weighted by atomic mass is 9.87. The maximum absolute atomic E-state index is 6.04. The zero-order valence-electron chi connectivity index (χ0n) is 12.0. The first-order chi connectivity index (χ1) is 8.50. The Labute approximate surface area is 110 Å². The van der Waals surface area contributed by atoms with Gasteiger partial charge in [-0.3, -0.25) is 0 Å². The lowest BCUT2D eigenvalue weighted by molar-refractivity contribution is 0.200. The maximum atomic E-state index is 6.04. The van der Waals surface area contributed by atoms with E-state index >= 15 is 0 Å². The minimum atomic E-state index is 0.138. The molecule has 0 heterocycles. The van der Waals surface area contributed by atoms with Crippen molar-refractivity contribution in [2.45, 2.75) is 58.0 Å². The quantitative estimate of drug-likeness (QED) is 0.793. The Morgan fingerprint density at radius 2 is 1.72 bits per heavy atom. The van der Waals surface area contributed by atoms with E-state index in [0.29, 0.717) is 6.10 Å². The molecule has 2 nitrogen and oxygen atoms in total. The van der Waals surface area contributed by atoms with Crippen molar-refractivity contribution in [3.63, 3.8) is 0 Å². The summed E-state index contributed by atoms with van der Waals surface area (Å²) in [6.45, 7) is 6.62. The Hall–Kier alpha value is -1.18. The Morgan fingerprint density at radius 1 is 1.06 bits per heavy atom. The molecule has 1 aromatic carbocycles. The topological polar surface area (TPSA) is 18.5 Å². The van der Waals surface area contributed by atoms with Gasteiger partial charge in [-0.15, -0.1) is 0 Å². The normalized spacial score (nSPS) is 16.9. The molecule has 18 heavy (non-hydrogen) atoms. The van der Waals surface area contributed by atoms with Gasteiger partial charge in [0.15, 0.2) is 11.5 Å². The second-order valence-corrected chi connectivity index (χ2v) is 6.14. The second-order valence-electron chi connectivity index (χ2n) is 6.14. The van der Waals surface area contributed by atoms with Gasteiger partial charge in [0.25, 0.3) is 0 Å². The van der Waals surface area contributed by atoms with Crippen molar-refractivity contribution < 1.29 is 9.47 Å². The van der Waals surface area contributed by atoms with Crippen LogP contribution in [0.3, 0.4) is 0 Å². The highest BCUT2D eigenvalue weighted by Crippen LogP contribution is 2.35. The summed E-state index contributed by atoms with van der Waals surface area (Å²) in [5, 5.41) is 0. The number of methoxy groups -OCH3 is 1. The molecule has 100 valence electrons. The summed E-state index contributed by atoms with van der Waals surface area (Å²) in [7, 11) is 1.71. The maximum Gasteiger partial charge on any atom is 0.161 e. The second kappa shape index (κ2) is 5.21. The highest BCUT2D eigenvalue weighted by molar-refractivity contribution is 5.44. The van der Waals surface area contributed by atoms with Gasteiger partial charge in [0.1, 0.15) is 0 Å². The van der Waals surface area contributed by atoms with Crippen LogP contribution in [0.15, 0.2) is 18.2 Å². The van der Waals surface area contributed by atoms with E-state index in [-0.39, 0.29) is 5.41 Å². The van der Waals surface area contributed by atoms with Crippen LogP contribution in [0.25, 0.3) is 0 Å². The first kappa shape index (κ1) is 13.3. The van der Waals surface area contributed by atoms with Crippen LogP contribution < -0.4 is 9.47 Å². The van der Waals surface area contributed by atoms with Crippen LogP contribution in [-0.4, -0.2) is 13.2 Å². The molecule has 0 N–H and O–H groups in total. The molecule has 0 aliphatic heterocycles. The van der Waals surface area contributed by atoms with E-state index < -0.39 is 0 Å². The summed E-state index contributed by atoms with van der Waals surface area (Å²) < 4.78 is 11.5. The lowest BCUT2D eigenvalue weighted by Crippen LogP contribution is -2.14. The molecule has 1 aromatic rings. The molecule has 0 saturated heterocycles. The highest BCUT2D eigenvalue weighted by atomic mass is 16.5. The first-order valence-electron chi connectivity index (χ1n) is 6.86. The summed E-state index contributed by atoms with van der Waals surface area (Å²) in [6, 6.07) is 6.30. The molecule has 0 radical (unpaired) electrons. The Bertz CT molecular complexity index is 398. The van der Waals surface area contributed by atoms with Gasteiger partial charge >= 0.3 is 0 Å². The van der Waals surface area contributed by atoms with Crippen molar-refractivity contribution in [3.8, 4) is 11.5 Å². The smallest absolute Gasteiger partial charge is 0.161 e. The summed E-state index contributed by atoms with van der Waals surface area (Å²) in [5.74, 6) is 1.74. The molecular weight excluding hydrogens is 224 g/mol. The molecule has 2 rings (SSSR count). The molecule has 0 spiro atoms. The number of rotatable bonds is 3. The molecule has 0 unspecified atom stereocenters. The average Bonchev–Trinajstić information content (AvgIpc) is 2.81. The number of ether oxygens (including phenoxy) is 2. The van der Waals surface area contributed by atoms with Gasteiger partial charge in [-0.2, -0.15) is 0 Å². The molecular formula is C16H24O2. The van der Waals surface area contributed by atoms with E-state index in [1.165, 1.54) is 31.2 Å². The minimum Gasteiger partial charge on any atom is -0.493 e. The van der Waals surface area contributed by atoms with Crippen LogP contribution in [0.4, 0.5) is 0 Å². The molecule has 1 aliphatic carbocycles. The van der Waals surface area contributed by atoms with Crippen molar-refractivity contribution in [3.05, 3.63) is 23.8 Å². The molecule has 0 amide bonds. The fourth-order valence-corrected chi connectivity index (χ4v) is 2.42. The van der Waals surface area contributed by atoms with Crippen LogP contribution in [0.2, 0.25) is 0 Å². The van der Waals surface area contributed by atoms with E-state index in [4.69, 9.17) is 9.47 Å². The third-order valence-corrected chi connectivity index (χ3v) is 3.63. The Balaban J connectivity index is 2.20. The molecule has 0 bridgehead atoms. The molecule has 1 aliphatic rings. The number of benzene rings is 1. The van der Waals surface area contributed by atoms with Crippen LogP contribution >= 0.6 is 0 Å². The molecule has 0 aromatic heterocycles. The number of hydrogen-bond acceptors (Lipinski definition) is 2. The monoisotopic (exact) mass is 248 g/mol. The van der Waals surface area contributed by atoms with Crippen LogP contribution in [0, 0.1) is 0 Å². The van der Waals surface area contributed by atoms with Crippen LogP contribution in [0.5, 0.6) is 11.5 Å². The highest BCUT2D eigenvalue weighted by Gasteiger charge is 2.20. The van der Waals surface area contributed by atoms with E-state index in [0.717, 1.165) is 11.5 Å². The van der Waals surface area contributed by atoms with Gasteiger partial charge in [0.05, 0.1) is 13.2 Å². The van der Waals surface area contributed by atoms with E-state index in [2.05, 4.69) is 39.0 Å². The van der Waals surface area contributed by atoms with Crippen molar-refractivity contribution in [1.82, 2.24) is 0 Å². The standard InChI is InChI=1S/C16H24O2/c1-16(2,3)12-9-10-14(15(11-12)17-4)18-13-7-5-6-8-13/h9-11,13H,5-8H2,1-4H3. The van der Waals surface area contributed by atoms with Gasteiger partial charge in [0.2, 0.25) is 0 Å². The fraction of sp³-hybridized carbons (Fsp3) is 0.625. The summed E-state index contributed by atoms with van der Waals surface area (Å²) in [5.41, 5.74) is 1.41. The summed E-state index contributed by atoms with van der Waals surface area (Å²) in [4.78, 5) is 0. The van der Waals surface area contributed by atoms with Crippen molar-refractivity contribution >= 4 is 0 Å². The largest absolute Gasteiger partial charge is 0.493 e. The van der Waals surface area contributed by atoms with E-state index in [1.807, 2.05) is 0 Å². The summed E-state index contributed by atoms with van der Waals surface area (Å²) >= 11 is 0. The predicted octanol–water partition coefficient (Wildman–Crippen LogP) is 4.31. The third-order valence-electron chi connectivity index (χ3n) is 3.63. The zero-order chi connectivity index (χ0) is 13.2. The SMILES string of the molecule is COc1cc(C(C)(C)C)ccc1OC1CCCC1. The zero-order valence-corrected chi connectivity index (χ0v) is 12.0. The number of hydrogen-bond donors (Lipinski definition) is 0. The van der Waals surface area contributed by atoms with Gasteiger partial charge in [0, 0.05) is 0 Å². The van der Waals surface area contributed by atoms with Crippen LogP contribution in [-0.2, 0) is 5.41 Å². The van der Waals surface area contributed by atoms with Gasteiger partial charge in [-0.05, 0) is 48.8 Å². The Kier molecular flexibility index (Phi) is 3.84. The molecule has 0 atom stereocenters. The fourth-order valence-electron chi connectivity index (χ4n) is 2.42. The molecule has 1 fully saturated rings. The van der Waals surface area contributed by atoms with E-state index in [1.54, 1.807) is 7.11 Å². The average molecular weight is 248 g/mol. The van der Waals surface area contributed by atoms with Crippen molar-refractivity contribution in [1.29, 1.82) is 0 Å². The van der Waals surface area contributed by atoms with Crippen LogP contribution in [0.1, 0.15) is 52.0 Å². The summed E-state index contributed by atoms with van der Waals surface area (Å²) in [6.07, 6.45) is 5.29. The molecule has 2 heteroatoms. The minimum absolute atomic E-state index is 0.138. The lowest BCUT2D eigenvalue weighted by Gasteiger charge is -2.22. The third kappa shape index (κ3) is 2.98. The van der Waals surface area contributed by atoms with E-state index in [9.17, 15) is 0 Å². The Morgan fingerprint density at radius 3 is 2.28 bits per heavy atom. The van der Waals surface area contributed by atoms with Gasteiger partial charge in [-0.25, -0.2) is 0 Å². The van der Waals surface area contributed by atoms with Crippen molar-refractivity contribution in [2.75, 3.05) is 7.11 Å². The first-order valence-corrected chi connectivity index (χ1v) is 6.86.